The maximum atomic E-state index is 11.9. The summed E-state index contributed by atoms with van der Waals surface area (Å²) >= 11 is 0. The number of hydrogen-bond acceptors (Lipinski definition) is 6. The second-order valence-corrected chi connectivity index (χ2v) is 5.74. The monoisotopic (exact) mass is 320 g/mol. The molecule has 1 heterocycles. The van der Waals surface area contributed by atoms with Crippen LogP contribution in [0.3, 0.4) is 0 Å². The fourth-order valence-corrected chi connectivity index (χ4v) is 2.76. The molecule has 0 saturated heterocycles. The highest BCUT2D eigenvalue weighted by atomic mass is 16.5. The van der Waals surface area contributed by atoms with E-state index in [2.05, 4.69) is 25.3 Å². The molecule has 1 fully saturated rings. The van der Waals surface area contributed by atoms with Crippen molar-refractivity contribution in [1.29, 1.82) is 0 Å². The van der Waals surface area contributed by atoms with E-state index in [0.29, 0.717) is 31.2 Å². The lowest BCUT2D eigenvalue weighted by atomic mass is 9.87. The van der Waals surface area contributed by atoms with Crippen LogP contribution in [0.15, 0.2) is 12.3 Å². The minimum Gasteiger partial charge on any atom is -0.463 e. The molecule has 126 valence electrons. The van der Waals surface area contributed by atoms with Crippen LogP contribution in [-0.4, -0.2) is 42.0 Å². The summed E-state index contributed by atoms with van der Waals surface area (Å²) in [4.78, 5) is 31.1. The molecule has 1 amide bonds. The Bertz CT molecular complexity index is 530. The van der Waals surface area contributed by atoms with Gasteiger partial charge in [0.2, 0.25) is 11.7 Å². The number of methoxy groups -OCH3 is 1. The highest BCUT2D eigenvalue weighted by molar-refractivity contribution is 5.85. The SMILES string of the molecule is COC(=O)c1nccc(NCCNC(=O)CC2CCCCC2)n1. The third kappa shape index (κ3) is 5.84. The van der Waals surface area contributed by atoms with E-state index in [1.165, 1.54) is 45.4 Å². The van der Waals surface area contributed by atoms with Gasteiger partial charge in [-0.25, -0.2) is 14.8 Å². The van der Waals surface area contributed by atoms with E-state index in [-0.39, 0.29) is 11.7 Å². The average Bonchev–Trinajstić information content (AvgIpc) is 2.59. The summed E-state index contributed by atoms with van der Waals surface area (Å²) in [7, 11) is 1.29. The van der Waals surface area contributed by atoms with Crippen molar-refractivity contribution < 1.29 is 14.3 Å². The predicted octanol–water partition coefficient (Wildman–Crippen LogP) is 1.76. The molecule has 0 unspecified atom stereocenters. The Balaban J connectivity index is 1.66. The quantitative estimate of drug-likeness (QED) is 0.587. The zero-order chi connectivity index (χ0) is 16.5. The largest absolute Gasteiger partial charge is 0.463 e. The number of nitrogens with one attached hydrogen (secondary N) is 2. The number of amides is 1. The molecule has 1 saturated carbocycles. The average molecular weight is 320 g/mol. The first-order valence-corrected chi connectivity index (χ1v) is 8.11. The van der Waals surface area contributed by atoms with E-state index < -0.39 is 5.97 Å². The van der Waals surface area contributed by atoms with Crippen LogP contribution in [0.1, 0.15) is 49.1 Å². The molecule has 23 heavy (non-hydrogen) atoms. The van der Waals surface area contributed by atoms with Gasteiger partial charge in [0.1, 0.15) is 5.82 Å². The molecule has 7 heteroatoms. The van der Waals surface area contributed by atoms with E-state index in [1.54, 1.807) is 6.07 Å². The van der Waals surface area contributed by atoms with Crippen LogP contribution in [0, 0.1) is 5.92 Å². The minimum absolute atomic E-state index is 0.0128. The fourth-order valence-electron chi connectivity index (χ4n) is 2.76. The Morgan fingerprint density at radius 3 is 2.78 bits per heavy atom. The molecule has 1 aliphatic rings. The van der Waals surface area contributed by atoms with Gasteiger partial charge in [-0.15, -0.1) is 0 Å². The number of anilines is 1. The number of carbonyl (C=O) groups is 2. The van der Waals surface area contributed by atoms with Gasteiger partial charge in [-0.2, -0.15) is 0 Å². The van der Waals surface area contributed by atoms with Crippen LogP contribution in [0.5, 0.6) is 0 Å². The first-order chi connectivity index (χ1) is 11.2. The fraction of sp³-hybridized carbons (Fsp3) is 0.625. The number of esters is 1. The first kappa shape index (κ1) is 17.2. The number of hydrogen-bond donors (Lipinski definition) is 2. The van der Waals surface area contributed by atoms with Crippen LogP contribution in [0.4, 0.5) is 5.82 Å². The van der Waals surface area contributed by atoms with Crippen molar-refractivity contribution in [1.82, 2.24) is 15.3 Å². The summed E-state index contributed by atoms with van der Waals surface area (Å²) in [5.74, 6) is 0.619. The molecule has 1 aromatic heterocycles. The summed E-state index contributed by atoms with van der Waals surface area (Å²) in [5, 5.41) is 5.96. The molecule has 0 spiro atoms. The molecule has 0 radical (unpaired) electrons. The van der Waals surface area contributed by atoms with Crippen LogP contribution < -0.4 is 10.6 Å². The number of ether oxygens (including phenoxy) is 1. The molecule has 0 bridgehead atoms. The maximum absolute atomic E-state index is 11.9. The molecule has 1 aromatic rings. The lowest BCUT2D eigenvalue weighted by Gasteiger charge is -2.20. The van der Waals surface area contributed by atoms with Crippen LogP contribution in [0.25, 0.3) is 0 Å². The van der Waals surface area contributed by atoms with Gasteiger partial charge in [0.15, 0.2) is 0 Å². The summed E-state index contributed by atoms with van der Waals surface area (Å²) in [6.45, 7) is 1.05. The Labute approximate surface area is 136 Å². The standard InChI is InChI=1S/C16H24N4O3/c1-23-16(22)15-19-8-7-13(20-15)17-9-10-18-14(21)11-12-5-3-2-4-6-12/h7-8,12H,2-6,9-11H2,1H3,(H,18,21)(H,17,19,20). The zero-order valence-corrected chi connectivity index (χ0v) is 13.5. The van der Waals surface area contributed by atoms with Gasteiger partial charge in [0.25, 0.3) is 0 Å². The van der Waals surface area contributed by atoms with E-state index in [9.17, 15) is 9.59 Å². The Morgan fingerprint density at radius 2 is 2.04 bits per heavy atom. The zero-order valence-electron chi connectivity index (χ0n) is 13.5. The number of aromatic nitrogens is 2. The Kier molecular flexibility index (Phi) is 6.77. The maximum Gasteiger partial charge on any atom is 0.376 e. The van der Waals surface area contributed by atoms with Crippen molar-refractivity contribution in [2.45, 2.75) is 38.5 Å². The third-order valence-corrected chi connectivity index (χ3v) is 3.98. The molecule has 0 aliphatic heterocycles. The van der Waals surface area contributed by atoms with E-state index in [0.717, 1.165) is 0 Å². The Morgan fingerprint density at radius 1 is 1.26 bits per heavy atom. The second-order valence-electron chi connectivity index (χ2n) is 5.74. The third-order valence-electron chi connectivity index (χ3n) is 3.98. The van der Waals surface area contributed by atoms with Gasteiger partial charge in [-0.1, -0.05) is 19.3 Å². The summed E-state index contributed by atoms with van der Waals surface area (Å²) in [5.41, 5.74) is 0. The highest BCUT2D eigenvalue weighted by Crippen LogP contribution is 2.25. The molecule has 0 aromatic carbocycles. The lowest BCUT2D eigenvalue weighted by molar-refractivity contribution is -0.122. The van der Waals surface area contributed by atoms with Crippen molar-refractivity contribution in [2.75, 3.05) is 25.5 Å². The molecule has 2 rings (SSSR count). The van der Waals surface area contributed by atoms with Crippen LogP contribution in [0.2, 0.25) is 0 Å². The molecule has 1 aliphatic carbocycles. The van der Waals surface area contributed by atoms with Crippen LogP contribution >= 0.6 is 0 Å². The van der Waals surface area contributed by atoms with Gasteiger partial charge in [0.05, 0.1) is 7.11 Å². The molecule has 2 N–H and O–H groups in total. The lowest BCUT2D eigenvalue weighted by Crippen LogP contribution is -2.30. The van der Waals surface area contributed by atoms with E-state index in [4.69, 9.17) is 0 Å². The molecule has 7 nitrogen and oxygen atoms in total. The Hall–Kier alpha value is -2.18. The van der Waals surface area contributed by atoms with Crippen molar-refractivity contribution in [2.24, 2.45) is 5.92 Å². The number of nitrogens with zero attached hydrogens (tertiary/aromatic N) is 2. The van der Waals surface area contributed by atoms with Gasteiger partial charge in [-0.05, 0) is 24.8 Å². The van der Waals surface area contributed by atoms with Crippen LogP contribution in [-0.2, 0) is 9.53 Å². The van der Waals surface area contributed by atoms with Gasteiger partial charge in [-0.3, -0.25) is 4.79 Å². The van der Waals surface area contributed by atoms with Crippen molar-refractivity contribution >= 4 is 17.7 Å². The summed E-state index contributed by atoms with van der Waals surface area (Å²) < 4.78 is 4.57. The van der Waals surface area contributed by atoms with E-state index in [1.807, 2.05) is 0 Å². The normalized spacial score (nSPS) is 15.0. The van der Waals surface area contributed by atoms with Gasteiger partial charge < -0.3 is 15.4 Å². The van der Waals surface area contributed by atoms with Crippen molar-refractivity contribution in [3.8, 4) is 0 Å². The van der Waals surface area contributed by atoms with E-state index >= 15 is 0 Å². The van der Waals surface area contributed by atoms with Crippen molar-refractivity contribution in [3.63, 3.8) is 0 Å². The molecule has 0 atom stereocenters. The number of carbonyl (C=O) groups excluding carboxylic acids is 2. The summed E-state index contributed by atoms with van der Waals surface area (Å²) in [6.07, 6.45) is 8.25. The van der Waals surface area contributed by atoms with Gasteiger partial charge in [0, 0.05) is 25.7 Å². The van der Waals surface area contributed by atoms with Crippen molar-refractivity contribution in [3.05, 3.63) is 18.1 Å². The molecular formula is C16H24N4O3. The molecular weight excluding hydrogens is 296 g/mol. The van der Waals surface area contributed by atoms with Gasteiger partial charge >= 0.3 is 5.97 Å². The second kappa shape index (κ2) is 9.07. The predicted molar refractivity (Wildman–Crippen MR) is 86.1 cm³/mol. The summed E-state index contributed by atoms with van der Waals surface area (Å²) in [6, 6.07) is 1.66. The topological polar surface area (TPSA) is 93.2 Å². The number of rotatable bonds is 7. The highest BCUT2D eigenvalue weighted by Gasteiger charge is 2.16. The smallest absolute Gasteiger partial charge is 0.376 e. The first-order valence-electron chi connectivity index (χ1n) is 8.11. The minimum atomic E-state index is -0.575.